The lowest BCUT2D eigenvalue weighted by molar-refractivity contribution is -0.134. The SMILES string of the molecule is COCc1cccc(N/C=C/C(=O)OC)c1. The van der Waals surface area contributed by atoms with E-state index >= 15 is 0 Å². The molecule has 0 saturated heterocycles. The van der Waals surface area contributed by atoms with Crippen molar-refractivity contribution >= 4 is 11.7 Å². The van der Waals surface area contributed by atoms with E-state index in [1.807, 2.05) is 24.3 Å². The third-order valence-electron chi connectivity index (χ3n) is 1.91. The molecule has 0 aliphatic heterocycles. The molecule has 16 heavy (non-hydrogen) atoms. The van der Waals surface area contributed by atoms with Gasteiger partial charge in [0, 0.05) is 25.1 Å². The number of methoxy groups -OCH3 is 2. The number of esters is 1. The molecule has 0 radical (unpaired) electrons. The number of rotatable bonds is 5. The van der Waals surface area contributed by atoms with Crippen LogP contribution in [0.1, 0.15) is 5.56 Å². The molecule has 0 heterocycles. The molecule has 4 nitrogen and oxygen atoms in total. The van der Waals surface area contributed by atoms with Crippen LogP contribution in [0.4, 0.5) is 5.69 Å². The van der Waals surface area contributed by atoms with Crippen LogP contribution in [0, 0.1) is 0 Å². The van der Waals surface area contributed by atoms with Crippen LogP contribution in [0.5, 0.6) is 0 Å². The molecule has 0 amide bonds. The Labute approximate surface area is 94.9 Å². The van der Waals surface area contributed by atoms with Crippen molar-refractivity contribution in [1.29, 1.82) is 0 Å². The van der Waals surface area contributed by atoms with Crippen LogP contribution in [0.2, 0.25) is 0 Å². The lowest BCUT2D eigenvalue weighted by atomic mass is 10.2. The summed E-state index contributed by atoms with van der Waals surface area (Å²) >= 11 is 0. The van der Waals surface area contributed by atoms with Gasteiger partial charge in [-0.25, -0.2) is 4.79 Å². The van der Waals surface area contributed by atoms with Crippen molar-refractivity contribution in [2.45, 2.75) is 6.61 Å². The average molecular weight is 221 g/mol. The van der Waals surface area contributed by atoms with Gasteiger partial charge in [0.2, 0.25) is 0 Å². The summed E-state index contributed by atoms with van der Waals surface area (Å²) in [6.07, 6.45) is 2.86. The van der Waals surface area contributed by atoms with Gasteiger partial charge in [-0.15, -0.1) is 0 Å². The Morgan fingerprint density at radius 1 is 1.44 bits per heavy atom. The summed E-state index contributed by atoms with van der Waals surface area (Å²) in [7, 11) is 2.99. The monoisotopic (exact) mass is 221 g/mol. The van der Waals surface area contributed by atoms with Crippen molar-refractivity contribution < 1.29 is 14.3 Å². The Kier molecular flexibility index (Phi) is 5.08. The molecule has 0 bridgehead atoms. The largest absolute Gasteiger partial charge is 0.466 e. The topological polar surface area (TPSA) is 47.6 Å². The smallest absolute Gasteiger partial charge is 0.331 e. The zero-order chi connectivity index (χ0) is 11.8. The fraction of sp³-hybridized carbons (Fsp3) is 0.250. The molecule has 0 unspecified atom stereocenters. The Balaban J connectivity index is 2.56. The molecule has 0 aliphatic rings. The van der Waals surface area contributed by atoms with E-state index in [2.05, 4.69) is 10.1 Å². The van der Waals surface area contributed by atoms with Gasteiger partial charge < -0.3 is 14.8 Å². The minimum absolute atomic E-state index is 0.388. The lowest BCUT2D eigenvalue weighted by Gasteiger charge is -2.03. The second-order valence-corrected chi connectivity index (χ2v) is 3.13. The lowest BCUT2D eigenvalue weighted by Crippen LogP contribution is -1.97. The van der Waals surface area contributed by atoms with E-state index in [0.29, 0.717) is 6.61 Å². The highest BCUT2D eigenvalue weighted by molar-refractivity contribution is 5.82. The number of carbonyl (C=O) groups is 1. The predicted molar refractivity (Wildman–Crippen MR) is 61.9 cm³/mol. The van der Waals surface area contributed by atoms with Crippen molar-refractivity contribution in [3.05, 3.63) is 42.1 Å². The average Bonchev–Trinajstić information content (AvgIpc) is 2.30. The summed E-state index contributed by atoms with van der Waals surface area (Å²) < 4.78 is 9.49. The van der Waals surface area contributed by atoms with Crippen LogP contribution < -0.4 is 5.32 Å². The van der Waals surface area contributed by atoms with Crippen molar-refractivity contribution in [2.24, 2.45) is 0 Å². The summed E-state index contributed by atoms with van der Waals surface area (Å²) in [6.45, 7) is 0.566. The molecule has 0 spiro atoms. The summed E-state index contributed by atoms with van der Waals surface area (Å²) in [5, 5.41) is 2.97. The van der Waals surface area contributed by atoms with E-state index in [0.717, 1.165) is 11.3 Å². The highest BCUT2D eigenvalue weighted by atomic mass is 16.5. The molecule has 4 heteroatoms. The number of hydrogen-bond acceptors (Lipinski definition) is 4. The molecular formula is C12H15NO3. The third kappa shape index (κ3) is 4.14. The molecule has 0 aromatic heterocycles. The molecule has 0 atom stereocenters. The summed E-state index contributed by atoms with van der Waals surface area (Å²) in [5.41, 5.74) is 1.97. The third-order valence-corrected chi connectivity index (χ3v) is 1.91. The van der Waals surface area contributed by atoms with Gasteiger partial charge in [0.25, 0.3) is 0 Å². The van der Waals surface area contributed by atoms with Gasteiger partial charge in [-0.2, -0.15) is 0 Å². The van der Waals surface area contributed by atoms with E-state index in [-0.39, 0.29) is 5.97 Å². The van der Waals surface area contributed by atoms with Gasteiger partial charge in [0.1, 0.15) is 0 Å². The highest BCUT2D eigenvalue weighted by Crippen LogP contribution is 2.11. The van der Waals surface area contributed by atoms with Crippen LogP contribution >= 0.6 is 0 Å². The Morgan fingerprint density at radius 2 is 2.25 bits per heavy atom. The molecule has 1 aromatic carbocycles. The predicted octanol–water partition coefficient (Wildman–Crippen LogP) is 1.93. The van der Waals surface area contributed by atoms with Crippen LogP contribution in [0.3, 0.4) is 0 Å². The fourth-order valence-electron chi connectivity index (χ4n) is 1.19. The van der Waals surface area contributed by atoms with Crippen LogP contribution in [0.25, 0.3) is 0 Å². The molecule has 1 N–H and O–H groups in total. The molecule has 0 saturated carbocycles. The van der Waals surface area contributed by atoms with Crippen molar-refractivity contribution in [1.82, 2.24) is 0 Å². The van der Waals surface area contributed by atoms with Crippen LogP contribution in [-0.4, -0.2) is 20.2 Å². The first-order chi connectivity index (χ1) is 7.76. The Bertz CT molecular complexity index is 374. The van der Waals surface area contributed by atoms with Gasteiger partial charge in [-0.05, 0) is 17.7 Å². The van der Waals surface area contributed by atoms with E-state index in [9.17, 15) is 4.79 Å². The Morgan fingerprint density at radius 3 is 2.94 bits per heavy atom. The molecule has 0 fully saturated rings. The number of benzene rings is 1. The van der Waals surface area contributed by atoms with Gasteiger partial charge >= 0.3 is 5.97 Å². The van der Waals surface area contributed by atoms with Crippen molar-refractivity contribution in [2.75, 3.05) is 19.5 Å². The standard InChI is InChI=1S/C12H15NO3/c1-15-9-10-4-3-5-11(8-10)13-7-6-12(14)16-2/h3-8,13H,9H2,1-2H3/b7-6+. The minimum atomic E-state index is -0.388. The number of carbonyl (C=O) groups excluding carboxylic acids is 1. The van der Waals surface area contributed by atoms with E-state index in [4.69, 9.17) is 4.74 Å². The molecule has 0 aliphatic carbocycles. The molecule has 1 rings (SSSR count). The molecule has 86 valence electrons. The van der Waals surface area contributed by atoms with Gasteiger partial charge in [-0.3, -0.25) is 0 Å². The summed E-state index contributed by atoms with van der Waals surface area (Å²) in [4.78, 5) is 10.8. The van der Waals surface area contributed by atoms with E-state index in [1.165, 1.54) is 19.4 Å². The number of nitrogens with one attached hydrogen (secondary N) is 1. The fourth-order valence-corrected chi connectivity index (χ4v) is 1.19. The maximum atomic E-state index is 10.8. The van der Waals surface area contributed by atoms with Crippen LogP contribution in [-0.2, 0) is 20.9 Å². The number of anilines is 1. The van der Waals surface area contributed by atoms with Gasteiger partial charge in [-0.1, -0.05) is 12.1 Å². The van der Waals surface area contributed by atoms with E-state index < -0.39 is 0 Å². The number of ether oxygens (including phenoxy) is 2. The summed E-state index contributed by atoms with van der Waals surface area (Å²) in [5.74, 6) is -0.388. The van der Waals surface area contributed by atoms with Crippen LogP contribution in [0.15, 0.2) is 36.5 Å². The minimum Gasteiger partial charge on any atom is -0.466 e. The molecular weight excluding hydrogens is 206 g/mol. The van der Waals surface area contributed by atoms with Crippen molar-refractivity contribution in [3.63, 3.8) is 0 Å². The maximum Gasteiger partial charge on any atom is 0.331 e. The normalized spacial score (nSPS) is 10.4. The first-order valence-corrected chi connectivity index (χ1v) is 4.85. The van der Waals surface area contributed by atoms with Gasteiger partial charge in [0.15, 0.2) is 0 Å². The quantitative estimate of drug-likeness (QED) is 0.609. The van der Waals surface area contributed by atoms with E-state index in [1.54, 1.807) is 7.11 Å². The summed E-state index contributed by atoms with van der Waals surface area (Å²) in [6, 6.07) is 7.74. The van der Waals surface area contributed by atoms with Gasteiger partial charge in [0.05, 0.1) is 13.7 Å². The Hall–Kier alpha value is -1.81. The van der Waals surface area contributed by atoms with Crippen molar-refractivity contribution in [3.8, 4) is 0 Å². The second-order valence-electron chi connectivity index (χ2n) is 3.13. The zero-order valence-electron chi connectivity index (χ0n) is 9.40. The first kappa shape index (κ1) is 12.3. The molecule has 1 aromatic rings. The maximum absolute atomic E-state index is 10.8. The zero-order valence-corrected chi connectivity index (χ0v) is 9.40. The first-order valence-electron chi connectivity index (χ1n) is 4.85. The second kappa shape index (κ2) is 6.63. The number of hydrogen-bond donors (Lipinski definition) is 1. The highest BCUT2D eigenvalue weighted by Gasteiger charge is 1.94.